The van der Waals surface area contributed by atoms with E-state index in [0.29, 0.717) is 10.8 Å². The van der Waals surface area contributed by atoms with Crippen molar-refractivity contribution in [1.29, 1.82) is 0 Å². The number of rotatable bonds is 2. The van der Waals surface area contributed by atoms with Gasteiger partial charge in [0.15, 0.2) is 0 Å². The van der Waals surface area contributed by atoms with Crippen LogP contribution in [0.5, 0.6) is 0 Å². The Morgan fingerprint density at radius 3 is 1.74 bits per heavy atom. The van der Waals surface area contributed by atoms with Crippen LogP contribution in [-0.4, -0.2) is 5.54 Å². The van der Waals surface area contributed by atoms with Crippen LogP contribution in [0.1, 0.15) is 86.0 Å². The van der Waals surface area contributed by atoms with Crippen LogP contribution in [0.3, 0.4) is 0 Å². The summed E-state index contributed by atoms with van der Waals surface area (Å²) >= 11 is 0. The van der Waals surface area contributed by atoms with Crippen LogP contribution in [0.4, 0.5) is 0 Å². The Labute approximate surface area is 120 Å². The lowest BCUT2D eigenvalue weighted by Gasteiger charge is -2.54. The highest BCUT2D eigenvalue weighted by Gasteiger charge is 2.49. The molecular formula is C18H35N. The number of nitrogens with two attached hydrogens (primary N) is 1. The Kier molecular flexibility index (Phi) is 4.09. The molecule has 0 spiro atoms. The molecule has 0 aromatic heterocycles. The zero-order valence-electron chi connectivity index (χ0n) is 13.9. The van der Waals surface area contributed by atoms with Crippen molar-refractivity contribution in [3.05, 3.63) is 0 Å². The molecule has 0 saturated heterocycles. The van der Waals surface area contributed by atoms with Crippen LogP contribution in [0.25, 0.3) is 0 Å². The molecule has 0 unspecified atom stereocenters. The third-order valence-electron chi connectivity index (χ3n) is 5.81. The highest BCUT2D eigenvalue weighted by molar-refractivity contribution is 5.04. The maximum atomic E-state index is 6.97. The lowest BCUT2D eigenvalue weighted by atomic mass is 9.54. The fraction of sp³-hybridized carbons (Fsp3) is 1.00. The van der Waals surface area contributed by atoms with Crippen molar-refractivity contribution >= 4 is 0 Å². The molecule has 0 aliphatic heterocycles. The Bertz CT molecular complexity index is 292. The molecule has 0 bridgehead atoms. The molecule has 2 saturated carbocycles. The third-order valence-corrected chi connectivity index (χ3v) is 5.81. The third kappa shape index (κ3) is 3.54. The van der Waals surface area contributed by atoms with E-state index < -0.39 is 0 Å². The summed E-state index contributed by atoms with van der Waals surface area (Å²) in [6.07, 6.45) is 10.7. The predicted octanol–water partition coefficient (Wildman–Crippen LogP) is 5.14. The zero-order chi connectivity index (χ0) is 14.3. The first-order valence-electron chi connectivity index (χ1n) is 8.45. The first-order valence-corrected chi connectivity index (χ1v) is 8.45. The number of hydrogen-bond acceptors (Lipinski definition) is 1. The normalized spacial score (nSPS) is 36.9. The van der Waals surface area contributed by atoms with Crippen LogP contribution in [0, 0.1) is 22.7 Å². The van der Waals surface area contributed by atoms with Crippen molar-refractivity contribution in [2.75, 3.05) is 0 Å². The zero-order valence-corrected chi connectivity index (χ0v) is 13.9. The van der Waals surface area contributed by atoms with Crippen molar-refractivity contribution in [1.82, 2.24) is 0 Å². The molecule has 0 aromatic carbocycles. The Balaban J connectivity index is 2.09. The molecule has 2 aliphatic carbocycles. The summed E-state index contributed by atoms with van der Waals surface area (Å²) in [5, 5.41) is 0. The van der Waals surface area contributed by atoms with Gasteiger partial charge in [-0.2, -0.15) is 0 Å². The number of hydrogen-bond donors (Lipinski definition) is 1. The molecule has 0 amide bonds. The van der Waals surface area contributed by atoms with Crippen molar-refractivity contribution in [2.45, 2.75) is 91.5 Å². The molecule has 2 N–H and O–H groups in total. The largest absolute Gasteiger partial charge is 0.325 e. The first kappa shape index (κ1) is 15.4. The van der Waals surface area contributed by atoms with E-state index in [1.165, 1.54) is 51.4 Å². The molecule has 2 rings (SSSR count). The molecule has 112 valence electrons. The van der Waals surface area contributed by atoms with Gasteiger partial charge < -0.3 is 5.73 Å². The summed E-state index contributed by atoms with van der Waals surface area (Å²) in [6, 6.07) is 0. The lowest BCUT2D eigenvalue weighted by molar-refractivity contribution is 0.00347. The van der Waals surface area contributed by atoms with Gasteiger partial charge in [0.1, 0.15) is 0 Å². The molecule has 19 heavy (non-hydrogen) atoms. The Hall–Kier alpha value is -0.0400. The topological polar surface area (TPSA) is 26.0 Å². The SMILES string of the molecule is CCC1CCC(C2(N)CC(C)(C)CC(C)(C)C2)CC1. The maximum absolute atomic E-state index is 6.97. The minimum absolute atomic E-state index is 0.101. The molecule has 2 fully saturated rings. The quantitative estimate of drug-likeness (QED) is 0.735. The van der Waals surface area contributed by atoms with Crippen LogP contribution >= 0.6 is 0 Å². The fourth-order valence-corrected chi connectivity index (χ4v) is 5.70. The highest BCUT2D eigenvalue weighted by Crippen LogP contribution is 2.53. The van der Waals surface area contributed by atoms with Crippen LogP contribution in [0.15, 0.2) is 0 Å². The lowest BCUT2D eigenvalue weighted by Crippen LogP contribution is -2.57. The summed E-state index contributed by atoms with van der Waals surface area (Å²) in [6.45, 7) is 12.0. The Morgan fingerprint density at radius 2 is 1.32 bits per heavy atom. The van der Waals surface area contributed by atoms with E-state index in [9.17, 15) is 0 Å². The molecule has 2 aliphatic rings. The second-order valence-electron chi connectivity index (χ2n) is 9.22. The first-order chi connectivity index (χ1) is 8.66. The fourth-order valence-electron chi connectivity index (χ4n) is 5.70. The second-order valence-corrected chi connectivity index (χ2v) is 9.22. The van der Waals surface area contributed by atoms with Gasteiger partial charge in [-0.3, -0.25) is 0 Å². The average molecular weight is 265 g/mol. The maximum Gasteiger partial charge on any atom is 0.0193 e. The minimum Gasteiger partial charge on any atom is -0.325 e. The van der Waals surface area contributed by atoms with E-state index in [1.807, 2.05) is 0 Å². The summed E-state index contributed by atoms with van der Waals surface area (Å²) in [7, 11) is 0. The molecule has 0 heterocycles. The summed E-state index contributed by atoms with van der Waals surface area (Å²) in [4.78, 5) is 0. The van der Waals surface area contributed by atoms with Gasteiger partial charge in [-0.05, 0) is 54.8 Å². The molecule has 0 radical (unpaired) electrons. The van der Waals surface area contributed by atoms with Gasteiger partial charge >= 0.3 is 0 Å². The van der Waals surface area contributed by atoms with Crippen LogP contribution < -0.4 is 5.73 Å². The summed E-state index contributed by atoms with van der Waals surface area (Å²) in [5.74, 6) is 1.75. The van der Waals surface area contributed by atoms with E-state index >= 15 is 0 Å². The van der Waals surface area contributed by atoms with Crippen molar-refractivity contribution in [3.63, 3.8) is 0 Å². The summed E-state index contributed by atoms with van der Waals surface area (Å²) < 4.78 is 0. The van der Waals surface area contributed by atoms with E-state index in [1.54, 1.807) is 0 Å². The highest BCUT2D eigenvalue weighted by atomic mass is 14.8. The van der Waals surface area contributed by atoms with Crippen LogP contribution in [0.2, 0.25) is 0 Å². The monoisotopic (exact) mass is 265 g/mol. The summed E-state index contributed by atoms with van der Waals surface area (Å²) in [5.41, 5.74) is 7.90. The van der Waals surface area contributed by atoms with Crippen LogP contribution in [-0.2, 0) is 0 Å². The molecule has 1 nitrogen and oxygen atoms in total. The molecule has 0 aromatic rings. The van der Waals surface area contributed by atoms with Crippen molar-refractivity contribution < 1.29 is 0 Å². The molecule has 0 atom stereocenters. The van der Waals surface area contributed by atoms with Crippen molar-refractivity contribution in [2.24, 2.45) is 28.4 Å². The van der Waals surface area contributed by atoms with Gasteiger partial charge in [-0.25, -0.2) is 0 Å². The van der Waals surface area contributed by atoms with Gasteiger partial charge in [-0.15, -0.1) is 0 Å². The minimum atomic E-state index is 0.101. The molecule has 1 heteroatoms. The van der Waals surface area contributed by atoms with E-state index in [2.05, 4.69) is 34.6 Å². The Morgan fingerprint density at radius 1 is 0.842 bits per heavy atom. The average Bonchev–Trinajstić information content (AvgIpc) is 2.24. The van der Waals surface area contributed by atoms with Gasteiger partial charge in [-0.1, -0.05) is 53.9 Å². The smallest absolute Gasteiger partial charge is 0.0193 e. The van der Waals surface area contributed by atoms with E-state index in [-0.39, 0.29) is 5.54 Å². The van der Waals surface area contributed by atoms with Gasteiger partial charge in [0.25, 0.3) is 0 Å². The van der Waals surface area contributed by atoms with E-state index in [0.717, 1.165) is 11.8 Å². The molecular weight excluding hydrogens is 230 g/mol. The van der Waals surface area contributed by atoms with Gasteiger partial charge in [0.2, 0.25) is 0 Å². The van der Waals surface area contributed by atoms with Gasteiger partial charge in [0, 0.05) is 5.54 Å². The standard InChI is InChI=1S/C18H35N/c1-6-14-7-9-15(10-8-14)18(19)12-16(2,3)11-17(4,5)13-18/h14-15H,6-13,19H2,1-5H3. The predicted molar refractivity (Wildman–Crippen MR) is 84.1 cm³/mol. The van der Waals surface area contributed by atoms with Crippen molar-refractivity contribution in [3.8, 4) is 0 Å². The van der Waals surface area contributed by atoms with E-state index in [4.69, 9.17) is 5.73 Å². The van der Waals surface area contributed by atoms with Gasteiger partial charge in [0.05, 0.1) is 0 Å². The second kappa shape index (κ2) is 5.06.